The fraction of sp³-hybridized carbons (Fsp3) is 0.692. The molecule has 1 heterocycles. The molecule has 1 aliphatic carbocycles. The van der Waals surface area contributed by atoms with E-state index in [-0.39, 0.29) is 24.7 Å². The van der Waals surface area contributed by atoms with Crippen molar-refractivity contribution in [1.82, 2.24) is 10.3 Å². The SMILES string of the molecule is O=C(CC1CCC(C(F)(F)F)CC1)NCc1cscn1. The Hall–Kier alpha value is -1.11. The standard InChI is InChI=1S/C13H17F3N2OS/c14-13(15,16)10-3-1-9(2-4-10)5-12(19)17-6-11-7-20-8-18-11/h7-10H,1-6H2,(H,17,19). The highest BCUT2D eigenvalue weighted by Gasteiger charge is 2.41. The summed E-state index contributed by atoms with van der Waals surface area (Å²) in [5.74, 6) is -1.21. The Bertz CT molecular complexity index is 425. The van der Waals surface area contributed by atoms with Crippen LogP contribution in [0.2, 0.25) is 0 Å². The first kappa shape index (κ1) is 15.3. The van der Waals surface area contributed by atoms with Crippen LogP contribution in [0.5, 0.6) is 0 Å². The van der Waals surface area contributed by atoms with Gasteiger partial charge in [0.2, 0.25) is 5.91 Å². The van der Waals surface area contributed by atoms with Crippen molar-refractivity contribution in [2.24, 2.45) is 11.8 Å². The van der Waals surface area contributed by atoms with Crippen LogP contribution in [0, 0.1) is 11.8 Å². The normalized spacial score (nSPS) is 23.6. The number of alkyl halides is 3. The van der Waals surface area contributed by atoms with Crippen LogP contribution in [-0.4, -0.2) is 17.1 Å². The quantitative estimate of drug-likeness (QED) is 0.925. The number of carbonyl (C=O) groups excluding carboxylic acids is 1. The Morgan fingerprint density at radius 2 is 2.05 bits per heavy atom. The van der Waals surface area contributed by atoms with Crippen LogP contribution in [0.15, 0.2) is 10.9 Å². The van der Waals surface area contributed by atoms with Gasteiger partial charge in [-0.3, -0.25) is 4.79 Å². The maximum atomic E-state index is 12.5. The molecular formula is C13H17F3N2OS. The van der Waals surface area contributed by atoms with Crippen LogP contribution >= 0.6 is 11.3 Å². The number of carbonyl (C=O) groups is 1. The second kappa shape index (κ2) is 6.56. The molecule has 0 saturated heterocycles. The summed E-state index contributed by atoms with van der Waals surface area (Å²) < 4.78 is 37.6. The lowest BCUT2D eigenvalue weighted by molar-refractivity contribution is -0.184. The second-order valence-electron chi connectivity index (χ2n) is 5.22. The van der Waals surface area contributed by atoms with E-state index < -0.39 is 12.1 Å². The van der Waals surface area contributed by atoms with E-state index in [0.29, 0.717) is 25.8 Å². The number of thiazole rings is 1. The van der Waals surface area contributed by atoms with Crippen LogP contribution in [0.25, 0.3) is 0 Å². The lowest BCUT2D eigenvalue weighted by Crippen LogP contribution is -2.30. The lowest BCUT2D eigenvalue weighted by atomic mass is 9.80. The lowest BCUT2D eigenvalue weighted by Gasteiger charge is -2.29. The number of amides is 1. The molecule has 1 N–H and O–H groups in total. The average Bonchev–Trinajstić information content (AvgIpc) is 2.89. The third-order valence-electron chi connectivity index (χ3n) is 3.73. The molecule has 1 aromatic rings. The Morgan fingerprint density at radius 1 is 1.35 bits per heavy atom. The van der Waals surface area contributed by atoms with E-state index in [1.165, 1.54) is 11.3 Å². The zero-order valence-corrected chi connectivity index (χ0v) is 11.8. The van der Waals surface area contributed by atoms with Gasteiger partial charge in [-0.2, -0.15) is 13.2 Å². The predicted molar refractivity (Wildman–Crippen MR) is 70.1 cm³/mol. The van der Waals surface area contributed by atoms with Crippen molar-refractivity contribution in [1.29, 1.82) is 0 Å². The maximum Gasteiger partial charge on any atom is 0.391 e. The van der Waals surface area contributed by atoms with Gasteiger partial charge < -0.3 is 5.32 Å². The van der Waals surface area contributed by atoms with Crippen LogP contribution in [0.3, 0.4) is 0 Å². The highest BCUT2D eigenvalue weighted by Crippen LogP contribution is 2.40. The van der Waals surface area contributed by atoms with Gasteiger partial charge in [-0.25, -0.2) is 4.98 Å². The van der Waals surface area contributed by atoms with Gasteiger partial charge in [0.15, 0.2) is 0 Å². The number of rotatable bonds is 4. The van der Waals surface area contributed by atoms with Crippen molar-refractivity contribution in [3.8, 4) is 0 Å². The summed E-state index contributed by atoms with van der Waals surface area (Å²) in [7, 11) is 0. The van der Waals surface area contributed by atoms with Gasteiger partial charge in [0.05, 0.1) is 23.7 Å². The summed E-state index contributed by atoms with van der Waals surface area (Å²) in [5, 5.41) is 4.61. The molecular weight excluding hydrogens is 289 g/mol. The minimum atomic E-state index is -4.09. The van der Waals surface area contributed by atoms with Crippen LogP contribution in [0.4, 0.5) is 13.2 Å². The monoisotopic (exact) mass is 306 g/mol. The van der Waals surface area contributed by atoms with E-state index in [9.17, 15) is 18.0 Å². The zero-order valence-electron chi connectivity index (χ0n) is 10.9. The smallest absolute Gasteiger partial charge is 0.350 e. The minimum Gasteiger partial charge on any atom is -0.350 e. The molecule has 1 saturated carbocycles. The van der Waals surface area contributed by atoms with Gasteiger partial charge in [-0.05, 0) is 31.6 Å². The molecule has 3 nitrogen and oxygen atoms in total. The number of aromatic nitrogens is 1. The van der Waals surface area contributed by atoms with E-state index in [4.69, 9.17) is 0 Å². The molecule has 7 heteroatoms. The summed E-state index contributed by atoms with van der Waals surface area (Å²) in [6.45, 7) is 0.389. The van der Waals surface area contributed by atoms with Crippen molar-refractivity contribution in [2.45, 2.75) is 44.8 Å². The fourth-order valence-corrected chi connectivity index (χ4v) is 3.10. The Labute approximate surface area is 119 Å². The third kappa shape index (κ3) is 4.47. The van der Waals surface area contributed by atoms with Crippen molar-refractivity contribution in [3.63, 3.8) is 0 Å². The highest BCUT2D eigenvalue weighted by molar-refractivity contribution is 7.07. The Morgan fingerprint density at radius 3 is 2.60 bits per heavy atom. The second-order valence-corrected chi connectivity index (χ2v) is 5.94. The van der Waals surface area contributed by atoms with Crippen LogP contribution in [-0.2, 0) is 11.3 Å². The molecule has 0 radical (unpaired) electrons. The van der Waals surface area contributed by atoms with E-state index >= 15 is 0 Å². The minimum absolute atomic E-state index is 0.0732. The van der Waals surface area contributed by atoms with Gasteiger partial charge in [-0.15, -0.1) is 11.3 Å². The van der Waals surface area contributed by atoms with Crippen molar-refractivity contribution < 1.29 is 18.0 Å². The number of hydrogen-bond donors (Lipinski definition) is 1. The van der Waals surface area contributed by atoms with E-state index in [1.807, 2.05) is 5.38 Å². The predicted octanol–water partition coefficient (Wildman–Crippen LogP) is 3.52. The van der Waals surface area contributed by atoms with Gasteiger partial charge >= 0.3 is 6.18 Å². The van der Waals surface area contributed by atoms with Crippen molar-refractivity contribution in [3.05, 3.63) is 16.6 Å². The largest absolute Gasteiger partial charge is 0.391 e. The topological polar surface area (TPSA) is 42.0 Å². The van der Waals surface area contributed by atoms with Gasteiger partial charge in [0.1, 0.15) is 0 Å². The Kier molecular flexibility index (Phi) is 5.01. The maximum absolute atomic E-state index is 12.5. The number of nitrogens with one attached hydrogen (secondary N) is 1. The van der Waals surface area contributed by atoms with Gasteiger partial charge in [0.25, 0.3) is 0 Å². The molecule has 1 aromatic heterocycles. The summed E-state index contributed by atoms with van der Waals surface area (Å²) in [6.07, 6.45) is -2.52. The number of nitrogens with zero attached hydrogens (tertiary/aromatic N) is 1. The molecule has 0 aliphatic heterocycles. The fourth-order valence-electron chi connectivity index (χ4n) is 2.54. The first-order chi connectivity index (χ1) is 9.45. The first-order valence-electron chi connectivity index (χ1n) is 6.65. The van der Waals surface area contributed by atoms with Crippen molar-refractivity contribution in [2.75, 3.05) is 0 Å². The third-order valence-corrected chi connectivity index (χ3v) is 4.37. The molecule has 0 bridgehead atoms. The molecule has 0 unspecified atom stereocenters. The summed E-state index contributed by atoms with van der Waals surface area (Å²) >= 11 is 1.46. The molecule has 20 heavy (non-hydrogen) atoms. The summed E-state index contributed by atoms with van der Waals surface area (Å²) in [5.41, 5.74) is 2.50. The molecule has 1 fully saturated rings. The van der Waals surface area contributed by atoms with E-state index in [0.717, 1.165) is 5.69 Å². The molecule has 0 aromatic carbocycles. The Balaban J connectivity index is 1.68. The molecule has 1 aliphatic rings. The van der Waals surface area contributed by atoms with Crippen LogP contribution < -0.4 is 5.32 Å². The van der Waals surface area contributed by atoms with Gasteiger partial charge in [0, 0.05) is 11.8 Å². The molecule has 2 rings (SSSR count). The summed E-state index contributed by atoms with van der Waals surface area (Å²) in [4.78, 5) is 15.8. The molecule has 1 amide bonds. The molecule has 0 spiro atoms. The summed E-state index contributed by atoms with van der Waals surface area (Å²) in [6, 6.07) is 0. The van der Waals surface area contributed by atoms with Crippen LogP contribution in [0.1, 0.15) is 37.8 Å². The highest BCUT2D eigenvalue weighted by atomic mass is 32.1. The molecule has 0 atom stereocenters. The number of halogens is 3. The molecule has 112 valence electrons. The van der Waals surface area contributed by atoms with Gasteiger partial charge in [-0.1, -0.05) is 0 Å². The van der Waals surface area contributed by atoms with Crippen molar-refractivity contribution >= 4 is 17.2 Å². The zero-order chi connectivity index (χ0) is 14.6. The first-order valence-corrected chi connectivity index (χ1v) is 7.60. The average molecular weight is 306 g/mol. The van der Waals surface area contributed by atoms with E-state index in [2.05, 4.69) is 10.3 Å². The van der Waals surface area contributed by atoms with E-state index in [1.54, 1.807) is 5.51 Å². The number of hydrogen-bond acceptors (Lipinski definition) is 3.